The smallest absolute Gasteiger partial charge is 0.221 e. The first kappa shape index (κ1) is 16.0. The Morgan fingerprint density at radius 3 is 2.68 bits per heavy atom. The molecular weight excluding hydrogens is 276 g/mol. The van der Waals surface area contributed by atoms with Gasteiger partial charge in [0.1, 0.15) is 5.75 Å². The SMILES string of the molecule is COc1ccccc1CN[C@@H](C)c1cccc(NC(C)=O)c1. The monoisotopic (exact) mass is 298 g/mol. The van der Waals surface area contributed by atoms with E-state index in [1.54, 1.807) is 7.11 Å². The average molecular weight is 298 g/mol. The highest BCUT2D eigenvalue weighted by Crippen LogP contribution is 2.20. The second-order valence-electron chi connectivity index (χ2n) is 5.22. The second-order valence-corrected chi connectivity index (χ2v) is 5.22. The number of para-hydroxylation sites is 1. The Kier molecular flexibility index (Phi) is 5.55. The number of carbonyl (C=O) groups is 1. The zero-order valence-corrected chi connectivity index (χ0v) is 13.2. The van der Waals surface area contributed by atoms with Crippen molar-refractivity contribution in [2.45, 2.75) is 26.4 Å². The van der Waals surface area contributed by atoms with Crippen molar-refractivity contribution in [3.8, 4) is 5.75 Å². The number of benzene rings is 2. The number of methoxy groups -OCH3 is 1. The minimum absolute atomic E-state index is 0.0632. The summed E-state index contributed by atoms with van der Waals surface area (Å²) >= 11 is 0. The molecule has 0 aliphatic carbocycles. The first-order valence-electron chi connectivity index (χ1n) is 7.33. The maximum Gasteiger partial charge on any atom is 0.221 e. The van der Waals surface area contributed by atoms with E-state index in [0.29, 0.717) is 0 Å². The minimum atomic E-state index is -0.0632. The summed E-state index contributed by atoms with van der Waals surface area (Å²) in [6.07, 6.45) is 0. The molecule has 22 heavy (non-hydrogen) atoms. The zero-order chi connectivity index (χ0) is 15.9. The fourth-order valence-corrected chi connectivity index (χ4v) is 2.32. The van der Waals surface area contributed by atoms with Crippen LogP contribution in [0.5, 0.6) is 5.75 Å². The van der Waals surface area contributed by atoms with Gasteiger partial charge in [0.05, 0.1) is 7.11 Å². The highest BCUT2D eigenvalue weighted by molar-refractivity contribution is 5.88. The van der Waals surface area contributed by atoms with E-state index < -0.39 is 0 Å². The lowest BCUT2D eigenvalue weighted by atomic mass is 10.1. The summed E-state index contributed by atoms with van der Waals surface area (Å²) in [5.41, 5.74) is 3.06. The molecule has 0 heterocycles. The van der Waals surface area contributed by atoms with E-state index in [0.717, 1.165) is 29.1 Å². The summed E-state index contributed by atoms with van der Waals surface area (Å²) in [5, 5.41) is 6.28. The standard InChI is InChI=1S/C18H22N2O2/c1-13(15-8-6-9-17(11-15)20-14(2)21)19-12-16-7-4-5-10-18(16)22-3/h4-11,13,19H,12H2,1-3H3,(H,20,21)/t13-/m0/s1. The molecule has 0 aliphatic rings. The molecule has 2 aromatic rings. The number of hydrogen-bond donors (Lipinski definition) is 2. The van der Waals surface area contributed by atoms with E-state index in [9.17, 15) is 4.79 Å². The van der Waals surface area contributed by atoms with Crippen LogP contribution in [0.3, 0.4) is 0 Å². The summed E-state index contributed by atoms with van der Waals surface area (Å²) in [6.45, 7) is 4.33. The third kappa shape index (κ3) is 4.33. The Balaban J connectivity index is 2.03. The van der Waals surface area contributed by atoms with Crippen LogP contribution < -0.4 is 15.4 Å². The quantitative estimate of drug-likeness (QED) is 0.858. The molecule has 0 aromatic heterocycles. The van der Waals surface area contributed by atoms with Crippen LogP contribution in [-0.4, -0.2) is 13.0 Å². The lowest BCUT2D eigenvalue weighted by Gasteiger charge is -2.16. The molecular formula is C18H22N2O2. The van der Waals surface area contributed by atoms with Gasteiger partial charge in [-0.3, -0.25) is 4.79 Å². The van der Waals surface area contributed by atoms with E-state index in [2.05, 4.69) is 17.6 Å². The molecule has 2 N–H and O–H groups in total. The molecule has 0 spiro atoms. The second kappa shape index (κ2) is 7.61. The molecule has 0 saturated carbocycles. The number of anilines is 1. The van der Waals surface area contributed by atoms with Gasteiger partial charge in [-0.15, -0.1) is 0 Å². The number of rotatable bonds is 6. The van der Waals surface area contributed by atoms with Crippen LogP contribution in [0.4, 0.5) is 5.69 Å². The van der Waals surface area contributed by atoms with Gasteiger partial charge in [0.25, 0.3) is 0 Å². The molecule has 2 aromatic carbocycles. The largest absolute Gasteiger partial charge is 0.496 e. The van der Waals surface area contributed by atoms with Crippen LogP contribution in [-0.2, 0) is 11.3 Å². The van der Waals surface area contributed by atoms with Crippen LogP contribution in [0.15, 0.2) is 48.5 Å². The van der Waals surface area contributed by atoms with Crippen molar-refractivity contribution in [1.82, 2.24) is 5.32 Å². The van der Waals surface area contributed by atoms with Gasteiger partial charge in [0.15, 0.2) is 0 Å². The fraction of sp³-hybridized carbons (Fsp3) is 0.278. The Bertz CT molecular complexity index is 640. The van der Waals surface area contributed by atoms with Crippen LogP contribution in [0, 0.1) is 0 Å². The first-order valence-corrected chi connectivity index (χ1v) is 7.33. The van der Waals surface area contributed by atoms with Crippen molar-refractivity contribution >= 4 is 11.6 Å². The topological polar surface area (TPSA) is 50.4 Å². The Hall–Kier alpha value is -2.33. The van der Waals surface area contributed by atoms with Gasteiger partial charge in [0.2, 0.25) is 5.91 Å². The Labute approximate surface area is 131 Å². The zero-order valence-electron chi connectivity index (χ0n) is 13.2. The molecule has 2 rings (SSSR count). The molecule has 4 nitrogen and oxygen atoms in total. The number of nitrogens with one attached hydrogen (secondary N) is 2. The van der Waals surface area contributed by atoms with Crippen molar-refractivity contribution in [3.63, 3.8) is 0 Å². The number of ether oxygens (including phenoxy) is 1. The van der Waals surface area contributed by atoms with Crippen LogP contribution in [0.2, 0.25) is 0 Å². The molecule has 1 amide bonds. The highest BCUT2D eigenvalue weighted by Gasteiger charge is 2.08. The molecule has 0 aliphatic heterocycles. The Morgan fingerprint density at radius 2 is 1.95 bits per heavy atom. The summed E-state index contributed by atoms with van der Waals surface area (Å²) in [6, 6.07) is 16.0. The van der Waals surface area contributed by atoms with E-state index in [1.807, 2.05) is 48.5 Å². The van der Waals surface area contributed by atoms with Crippen LogP contribution in [0.1, 0.15) is 31.0 Å². The van der Waals surface area contributed by atoms with Gasteiger partial charge in [0, 0.05) is 30.8 Å². The number of carbonyl (C=O) groups excluding carboxylic acids is 1. The Morgan fingerprint density at radius 1 is 1.18 bits per heavy atom. The lowest BCUT2D eigenvalue weighted by molar-refractivity contribution is -0.114. The van der Waals surface area contributed by atoms with E-state index >= 15 is 0 Å². The average Bonchev–Trinajstić information content (AvgIpc) is 2.52. The van der Waals surface area contributed by atoms with E-state index in [1.165, 1.54) is 6.92 Å². The molecule has 4 heteroatoms. The van der Waals surface area contributed by atoms with Crippen molar-refractivity contribution in [3.05, 3.63) is 59.7 Å². The van der Waals surface area contributed by atoms with Gasteiger partial charge in [-0.1, -0.05) is 30.3 Å². The number of hydrogen-bond acceptors (Lipinski definition) is 3. The van der Waals surface area contributed by atoms with E-state index in [4.69, 9.17) is 4.74 Å². The van der Waals surface area contributed by atoms with Gasteiger partial charge in [-0.25, -0.2) is 0 Å². The maximum absolute atomic E-state index is 11.1. The van der Waals surface area contributed by atoms with Crippen LogP contribution >= 0.6 is 0 Å². The maximum atomic E-state index is 11.1. The third-order valence-corrected chi connectivity index (χ3v) is 3.50. The molecule has 0 unspecified atom stereocenters. The summed E-state index contributed by atoms with van der Waals surface area (Å²) in [4.78, 5) is 11.1. The molecule has 1 atom stereocenters. The van der Waals surface area contributed by atoms with E-state index in [-0.39, 0.29) is 11.9 Å². The van der Waals surface area contributed by atoms with Crippen molar-refractivity contribution in [2.75, 3.05) is 12.4 Å². The van der Waals surface area contributed by atoms with Crippen molar-refractivity contribution in [1.29, 1.82) is 0 Å². The fourth-order valence-electron chi connectivity index (χ4n) is 2.32. The first-order chi connectivity index (χ1) is 10.6. The summed E-state index contributed by atoms with van der Waals surface area (Å²) in [7, 11) is 1.68. The lowest BCUT2D eigenvalue weighted by Crippen LogP contribution is -2.18. The summed E-state index contributed by atoms with van der Waals surface area (Å²) in [5.74, 6) is 0.820. The molecule has 0 bridgehead atoms. The summed E-state index contributed by atoms with van der Waals surface area (Å²) < 4.78 is 5.36. The molecule has 0 radical (unpaired) electrons. The van der Waals surface area contributed by atoms with Crippen LogP contribution in [0.25, 0.3) is 0 Å². The van der Waals surface area contributed by atoms with Crippen molar-refractivity contribution in [2.24, 2.45) is 0 Å². The predicted octanol–water partition coefficient (Wildman–Crippen LogP) is 3.50. The molecule has 116 valence electrons. The predicted molar refractivity (Wildman–Crippen MR) is 89.0 cm³/mol. The number of amides is 1. The normalized spacial score (nSPS) is 11.8. The van der Waals surface area contributed by atoms with Crippen molar-refractivity contribution < 1.29 is 9.53 Å². The molecule has 0 saturated heterocycles. The minimum Gasteiger partial charge on any atom is -0.496 e. The van der Waals surface area contributed by atoms with Gasteiger partial charge in [-0.05, 0) is 30.7 Å². The van der Waals surface area contributed by atoms with Gasteiger partial charge in [-0.2, -0.15) is 0 Å². The van der Waals surface area contributed by atoms with Gasteiger partial charge < -0.3 is 15.4 Å². The highest BCUT2D eigenvalue weighted by atomic mass is 16.5. The van der Waals surface area contributed by atoms with Gasteiger partial charge >= 0.3 is 0 Å². The molecule has 0 fully saturated rings. The third-order valence-electron chi connectivity index (χ3n) is 3.50.